The van der Waals surface area contributed by atoms with Gasteiger partial charge in [0.15, 0.2) is 0 Å². The van der Waals surface area contributed by atoms with Crippen molar-refractivity contribution in [1.82, 2.24) is 4.72 Å². The van der Waals surface area contributed by atoms with Crippen LogP contribution in [-0.4, -0.2) is 27.0 Å². The number of hydrogen-bond donors (Lipinski definition) is 2. The van der Waals surface area contributed by atoms with Crippen LogP contribution in [0.15, 0.2) is 36.9 Å². The van der Waals surface area contributed by atoms with Crippen LogP contribution in [-0.2, 0) is 21.4 Å². The van der Waals surface area contributed by atoms with Gasteiger partial charge in [-0.25, -0.2) is 9.52 Å². The molecule has 0 fully saturated rings. The minimum Gasteiger partial charge on any atom is -0.448 e. The summed E-state index contributed by atoms with van der Waals surface area (Å²) in [5, 5.41) is 0. The number of para-hydroxylation sites is 1. The molecule has 0 heterocycles. The highest BCUT2D eigenvalue weighted by Gasteiger charge is 2.16. The number of ether oxygens (including phenoxy) is 1. The minimum absolute atomic E-state index is 0.0735. The molecule has 0 aliphatic rings. The van der Waals surface area contributed by atoms with Crippen molar-refractivity contribution in [2.45, 2.75) is 6.42 Å². The summed E-state index contributed by atoms with van der Waals surface area (Å²) >= 11 is 5.32. The molecule has 1 aromatic rings. The zero-order valence-corrected chi connectivity index (χ0v) is 12.2. The summed E-state index contributed by atoms with van der Waals surface area (Å²) < 4.78 is 32.0. The molecular weight excluding hydrogens is 304 g/mol. The topological polar surface area (TPSA) is 84.5 Å². The molecule has 20 heavy (non-hydrogen) atoms. The summed E-state index contributed by atoms with van der Waals surface area (Å²) in [5.41, 5.74) is 1.10. The van der Waals surface area contributed by atoms with E-state index in [9.17, 15) is 13.2 Å². The first-order valence-corrected chi connectivity index (χ1v) is 7.72. The number of anilines is 1. The van der Waals surface area contributed by atoms with Crippen molar-refractivity contribution in [3.05, 3.63) is 42.5 Å². The van der Waals surface area contributed by atoms with Gasteiger partial charge in [0.25, 0.3) is 0 Å². The number of rotatable bonds is 7. The van der Waals surface area contributed by atoms with Gasteiger partial charge < -0.3 is 4.74 Å². The summed E-state index contributed by atoms with van der Waals surface area (Å²) in [6, 6.07) is 6.79. The molecule has 0 radical (unpaired) electrons. The predicted octanol–water partition coefficient (Wildman–Crippen LogP) is 2.04. The van der Waals surface area contributed by atoms with Crippen molar-refractivity contribution in [2.24, 2.45) is 0 Å². The van der Waals surface area contributed by atoms with Crippen molar-refractivity contribution in [3.8, 4) is 0 Å². The number of benzene rings is 1. The Labute approximate surface area is 123 Å². The number of hydrogen-bond acceptors (Lipinski definition) is 4. The number of nitrogens with one attached hydrogen (secondary N) is 2. The molecule has 0 aliphatic heterocycles. The van der Waals surface area contributed by atoms with Crippen LogP contribution in [0.25, 0.3) is 0 Å². The molecule has 8 heteroatoms. The highest BCUT2D eigenvalue weighted by atomic mass is 35.5. The molecule has 0 atom stereocenters. The summed E-state index contributed by atoms with van der Waals surface area (Å²) in [6.45, 7) is 3.52. The van der Waals surface area contributed by atoms with Crippen LogP contribution in [0.1, 0.15) is 5.56 Å². The van der Waals surface area contributed by atoms with E-state index in [1.807, 2.05) is 0 Å². The molecule has 1 amide bonds. The van der Waals surface area contributed by atoms with Gasteiger partial charge >= 0.3 is 16.3 Å². The Morgan fingerprint density at radius 2 is 2.10 bits per heavy atom. The number of halogens is 1. The highest BCUT2D eigenvalue weighted by Crippen LogP contribution is 2.16. The molecule has 0 aromatic heterocycles. The third-order valence-corrected chi connectivity index (χ3v) is 3.23. The van der Waals surface area contributed by atoms with Crippen LogP contribution in [0.2, 0.25) is 0 Å². The Bertz CT molecular complexity index is 575. The van der Waals surface area contributed by atoms with Crippen LogP contribution in [0, 0.1) is 0 Å². The lowest BCUT2D eigenvalue weighted by Crippen LogP contribution is -2.36. The van der Waals surface area contributed by atoms with E-state index >= 15 is 0 Å². The maximum atomic E-state index is 11.7. The zero-order valence-electron chi connectivity index (χ0n) is 10.6. The van der Waals surface area contributed by atoms with Gasteiger partial charge in [-0.2, -0.15) is 8.42 Å². The molecule has 0 spiro atoms. The summed E-state index contributed by atoms with van der Waals surface area (Å²) in [4.78, 5) is 11.2. The molecule has 1 aromatic carbocycles. The fourth-order valence-electron chi connectivity index (χ4n) is 1.39. The number of carbonyl (C=O) groups excluding carboxylic acids is 1. The first-order chi connectivity index (χ1) is 9.48. The standard InChI is InChI=1S/C12H15ClN2O4S/c1-2-5-10-6-3-4-7-11(10)14-20(17,18)15-12(16)19-9-8-13/h2-4,6-7,14H,1,5,8-9H2,(H,15,16). The van der Waals surface area contributed by atoms with Crippen molar-refractivity contribution in [3.63, 3.8) is 0 Å². The summed E-state index contributed by atoms with van der Waals surface area (Å²) in [7, 11) is -4.06. The second kappa shape index (κ2) is 7.76. The Hall–Kier alpha value is -1.73. The van der Waals surface area contributed by atoms with Gasteiger partial charge in [0.05, 0.1) is 11.6 Å². The maximum absolute atomic E-state index is 11.7. The van der Waals surface area contributed by atoms with Crippen molar-refractivity contribution >= 4 is 33.6 Å². The summed E-state index contributed by atoms with van der Waals surface area (Å²) in [6.07, 6.45) is 1.06. The third kappa shape index (κ3) is 5.50. The first-order valence-electron chi connectivity index (χ1n) is 5.70. The van der Waals surface area contributed by atoms with E-state index in [-0.39, 0.29) is 12.5 Å². The Morgan fingerprint density at radius 3 is 2.75 bits per heavy atom. The average molecular weight is 319 g/mol. The quantitative estimate of drug-likeness (QED) is 0.595. The molecule has 110 valence electrons. The second-order valence-electron chi connectivity index (χ2n) is 3.68. The highest BCUT2D eigenvalue weighted by molar-refractivity contribution is 7.91. The van der Waals surface area contributed by atoms with Gasteiger partial charge in [0.2, 0.25) is 0 Å². The van der Waals surface area contributed by atoms with E-state index in [0.717, 1.165) is 5.56 Å². The van der Waals surface area contributed by atoms with E-state index in [1.165, 1.54) is 0 Å². The number of carbonyl (C=O) groups is 1. The van der Waals surface area contributed by atoms with Gasteiger partial charge in [0.1, 0.15) is 6.61 Å². The fraction of sp³-hybridized carbons (Fsp3) is 0.250. The van der Waals surface area contributed by atoms with Gasteiger partial charge in [-0.3, -0.25) is 4.72 Å². The Morgan fingerprint density at radius 1 is 1.40 bits per heavy atom. The van der Waals surface area contributed by atoms with Crippen molar-refractivity contribution in [2.75, 3.05) is 17.2 Å². The minimum atomic E-state index is -4.06. The zero-order chi connectivity index (χ0) is 15.0. The SMILES string of the molecule is C=CCc1ccccc1NS(=O)(=O)NC(=O)OCCCl. The van der Waals surface area contributed by atoms with Gasteiger partial charge in [-0.1, -0.05) is 24.3 Å². The predicted molar refractivity (Wildman–Crippen MR) is 78.1 cm³/mol. The van der Waals surface area contributed by atoms with Crippen LogP contribution in [0.3, 0.4) is 0 Å². The largest absolute Gasteiger partial charge is 0.448 e. The second-order valence-corrected chi connectivity index (χ2v) is 5.48. The lowest BCUT2D eigenvalue weighted by molar-refractivity contribution is 0.159. The van der Waals surface area contributed by atoms with Crippen LogP contribution < -0.4 is 9.44 Å². The molecule has 6 nitrogen and oxygen atoms in total. The molecule has 2 N–H and O–H groups in total. The van der Waals surface area contributed by atoms with E-state index in [0.29, 0.717) is 12.1 Å². The van der Waals surface area contributed by atoms with Gasteiger partial charge in [-0.15, -0.1) is 18.2 Å². The molecule has 0 aliphatic carbocycles. The Kier molecular flexibility index (Phi) is 6.33. The summed E-state index contributed by atoms with van der Waals surface area (Å²) in [5.74, 6) is 0.0864. The molecule has 0 saturated heterocycles. The lowest BCUT2D eigenvalue weighted by atomic mass is 10.1. The van der Waals surface area contributed by atoms with Crippen LogP contribution in [0.4, 0.5) is 10.5 Å². The molecule has 0 saturated carbocycles. The van der Waals surface area contributed by atoms with Gasteiger partial charge in [-0.05, 0) is 18.1 Å². The fourth-order valence-corrected chi connectivity index (χ4v) is 2.29. The van der Waals surface area contributed by atoms with Gasteiger partial charge in [0, 0.05) is 0 Å². The number of alkyl halides is 1. The van der Waals surface area contributed by atoms with Crippen LogP contribution >= 0.6 is 11.6 Å². The maximum Gasteiger partial charge on any atom is 0.422 e. The normalized spacial score (nSPS) is 10.7. The van der Waals surface area contributed by atoms with E-state index in [2.05, 4.69) is 16.0 Å². The average Bonchev–Trinajstić information content (AvgIpc) is 2.38. The monoisotopic (exact) mass is 318 g/mol. The van der Waals surface area contributed by atoms with Crippen molar-refractivity contribution in [1.29, 1.82) is 0 Å². The van der Waals surface area contributed by atoms with Crippen LogP contribution in [0.5, 0.6) is 0 Å². The first kappa shape index (κ1) is 16.3. The Balaban J connectivity index is 2.76. The van der Waals surface area contributed by atoms with E-state index < -0.39 is 16.3 Å². The number of allylic oxidation sites excluding steroid dienone is 1. The van der Waals surface area contributed by atoms with Crippen molar-refractivity contribution < 1.29 is 17.9 Å². The molecule has 1 rings (SSSR count). The number of amides is 1. The van der Waals surface area contributed by atoms with E-state index in [1.54, 1.807) is 35.1 Å². The third-order valence-electron chi connectivity index (χ3n) is 2.15. The smallest absolute Gasteiger partial charge is 0.422 e. The molecule has 0 bridgehead atoms. The molecule has 0 unspecified atom stereocenters. The van der Waals surface area contributed by atoms with E-state index in [4.69, 9.17) is 11.6 Å². The molecular formula is C12H15ClN2O4S. The lowest BCUT2D eigenvalue weighted by Gasteiger charge is -2.12.